The third-order valence-electron chi connectivity index (χ3n) is 10.9. The second kappa shape index (κ2) is 14.9. The molecular weight excluding hydrogens is 719 g/mol. The van der Waals surface area contributed by atoms with Crippen LogP contribution in [0.2, 0.25) is 0 Å². The van der Waals surface area contributed by atoms with Crippen LogP contribution in [0.15, 0.2) is 200 Å². The van der Waals surface area contributed by atoms with Crippen LogP contribution in [-0.4, -0.2) is 14.5 Å². The molecule has 0 saturated carbocycles. The topological polar surface area (TPSA) is 78.3 Å². The summed E-state index contributed by atoms with van der Waals surface area (Å²) in [7, 11) is 0. The van der Waals surface area contributed by atoms with Gasteiger partial charge in [0.1, 0.15) is 0 Å². The minimum absolute atomic E-state index is 0.366. The van der Waals surface area contributed by atoms with Crippen LogP contribution in [0, 0.1) is 22.7 Å². The van der Waals surface area contributed by atoms with Gasteiger partial charge in [0.15, 0.2) is 5.82 Å². The lowest BCUT2D eigenvalue weighted by atomic mass is 9.92. The van der Waals surface area contributed by atoms with Crippen molar-refractivity contribution in [2.24, 2.45) is 0 Å². The van der Waals surface area contributed by atoms with Crippen LogP contribution in [0.4, 0.5) is 0 Å². The van der Waals surface area contributed by atoms with Gasteiger partial charge in [-0.05, 0) is 88.0 Å². The maximum absolute atomic E-state index is 10.6. The highest BCUT2D eigenvalue weighted by Crippen LogP contribution is 2.39. The number of nitriles is 2. The van der Waals surface area contributed by atoms with E-state index in [0.29, 0.717) is 33.9 Å². The number of fused-ring (bicyclic) bond motifs is 3. The van der Waals surface area contributed by atoms with Crippen molar-refractivity contribution in [2.45, 2.75) is 0 Å². The van der Waals surface area contributed by atoms with Crippen LogP contribution in [0.3, 0.4) is 0 Å². The molecule has 2 aromatic heterocycles. The second-order valence-corrected chi connectivity index (χ2v) is 14.4. The molecule has 10 rings (SSSR count). The Morgan fingerprint density at radius 2 is 0.780 bits per heavy atom. The molecule has 0 atom stereocenters. The van der Waals surface area contributed by atoms with Gasteiger partial charge in [-0.2, -0.15) is 10.5 Å². The fourth-order valence-electron chi connectivity index (χ4n) is 8.03. The Hall–Kier alpha value is -8.38. The first-order valence-corrected chi connectivity index (χ1v) is 19.4. The highest BCUT2D eigenvalue weighted by Gasteiger charge is 2.20. The van der Waals surface area contributed by atoms with Gasteiger partial charge in [-0.1, -0.05) is 146 Å². The van der Waals surface area contributed by atoms with E-state index >= 15 is 0 Å². The zero-order chi connectivity index (χ0) is 39.7. The lowest BCUT2D eigenvalue weighted by Crippen LogP contribution is -1.99. The number of nitrogens with zero attached hydrogens (tertiary/aromatic N) is 5. The third kappa shape index (κ3) is 6.50. The largest absolute Gasteiger partial charge is 0.309 e. The van der Waals surface area contributed by atoms with E-state index in [-0.39, 0.29) is 0 Å². The van der Waals surface area contributed by atoms with E-state index in [2.05, 4.69) is 126 Å². The van der Waals surface area contributed by atoms with E-state index < -0.39 is 0 Å². The minimum Gasteiger partial charge on any atom is -0.309 e. The summed E-state index contributed by atoms with van der Waals surface area (Å²) in [6.45, 7) is 0. The molecule has 5 heteroatoms. The quantitative estimate of drug-likeness (QED) is 0.162. The Kier molecular flexibility index (Phi) is 8.88. The number of benzene rings is 8. The Bertz CT molecular complexity index is 3060. The molecule has 8 aromatic carbocycles. The summed E-state index contributed by atoms with van der Waals surface area (Å²) in [4.78, 5) is 9.84. The lowest BCUT2D eigenvalue weighted by Gasteiger charge is -2.14. The monoisotopic (exact) mass is 751 g/mol. The van der Waals surface area contributed by atoms with Gasteiger partial charge in [0.05, 0.1) is 45.7 Å². The van der Waals surface area contributed by atoms with Crippen molar-refractivity contribution in [3.63, 3.8) is 0 Å². The van der Waals surface area contributed by atoms with E-state index in [1.807, 2.05) is 91.0 Å². The zero-order valence-corrected chi connectivity index (χ0v) is 31.8. The molecule has 0 fully saturated rings. The SMILES string of the molecule is N#Cc1cc(-c2ccc(-n3c4ccc(-c5ccccc5)cc4c4cc(-c5ccccc5)ccc43)cc2)cc(C#N)c1-c1cc(-c2ccccc2)nc(-c2ccccc2)n1. The van der Waals surface area contributed by atoms with Crippen molar-refractivity contribution in [2.75, 3.05) is 0 Å². The summed E-state index contributed by atoms with van der Waals surface area (Å²) >= 11 is 0. The van der Waals surface area contributed by atoms with Crippen molar-refractivity contribution in [1.29, 1.82) is 10.5 Å². The van der Waals surface area contributed by atoms with Crippen LogP contribution in [0.5, 0.6) is 0 Å². The number of rotatable bonds is 7. The average molecular weight is 752 g/mol. The van der Waals surface area contributed by atoms with Crippen LogP contribution in [-0.2, 0) is 0 Å². The first-order chi connectivity index (χ1) is 29.1. The lowest BCUT2D eigenvalue weighted by molar-refractivity contribution is 1.18. The Morgan fingerprint density at radius 1 is 0.356 bits per heavy atom. The van der Waals surface area contributed by atoms with E-state index in [1.165, 1.54) is 21.9 Å². The molecule has 10 aromatic rings. The molecule has 0 bridgehead atoms. The normalized spacial score (nSPS) is 11.0. The van der Waals surface area contributed by atoms with Gasteiger partial charge in [0.2, 0.25) is 0 Å². The summed E-state index contributed by atoms with van der Waals surface area (Å²) in [5, 5.41) is 23.5. The highest BCUT2D eigenvalue weighted by molar-refractivity contribution is 6.11. The van der Waals surface area contributed by atoms with Gasteiger partial charge in [-0.25, -0.2) is 9.97 Å². The molecule has 0 N–H and O–H groups in total. The smallest absolute Gasteiger partial charge is 0.160 e. The van der Waals surface area contributed by atoms with Crippen LogP contribution < -0.4 is 0 Å². The van der Waals surface area contributed by atoms with Crippen molar-refractivity contribution in [1.82, 2.24) is 14.5 Å². The number of hydrogen-bond acceptors (Lipinski definition) is 4. The first kappa shape index (κ1) is 35.1. The van der Waals surface area contributed by atoms with Crippen molar-refractivity contribution < 1.29 is 0 Å². The van der Waals surface area contributed by atoms with E-state index in [1.54, 1.807) is 0 Å². The summed E-state index contributed by atoms with van der Waals surface area (Å²) in [6, 6.07) is 72.7. The molecule has 0 saturated heterocycles. The molecular formula is C54H33N5. The molecule has 59 heavy (non-hydrogen) atoms. The molecule has 0 aliphatic carbocycles. The molecule has 0 aliphatic rings. The van der Waals surface area contributed by atoms with Crippen molar-refractivity contribution in [3.8, 4) is 85.1 Å². The summed E-state index contributed by atoms with van der Waals surface area (Å²) in [6.07, 6.45) is 0. The van der Waals surface area contributed by atoms with Gasteiger partial charge in [-0.3, -0.25) is 0 Å². The summed E-state index contributed by atoms with van der Waals surface area (Å²) in [5.74, 6) is 0.520. The van der Waals surface area contributed by atoms with E-state index in [4.69, 9.17) is 9.97 Å². The molecule has 274 valence electrons. The Labute approximate surface area is 342 Å². The standard InChI is InChI=1S/C54H33N5/c55-34-44-29-43(30-45(35-56)53(44)50-33-49(39-17-9-3-10-18-39)57-54(58-50)40-19-11-4-12-20-40)38-21-25-46(26-22-38)59-51-27-23-41(36-13-5-1-6-14-36)31-47(51)48-32-42(24-28-52(48)59)37-15-7-2-8-16-37/h1-33H. The maximum atomic E-state index is 10.6. The van der Waals surface area contributed by atoms with Gasteiger partial charge >= 0.3 is 0 Å². The predicted molar refractivity (Wildman–Crippen MR) is 238 cm³/mol. The first-order valence-electron chi connectivity index (χ1n) is 19.4. The molecule has 0 unspecified atom stereocenters. The van der Waals surface area contributed by atoms with Gasteiger partial charge < -0.3 is 4.57 Å². The Balaban J connectivity index is 1.08. The van der Waals surface area contributed by atoms with Crippen molar-refractivity contribution in [3.05, 3.63) is 211 Å². The number of hydrogen-bond donors (Lipinski definition) is 0. The fourth-order valence-corrected chi connectivity index (χ4v) is 8.03. The molecule has 0 spiro atoms. The van der Waals surface area contributed by atoms with Gasteiger partial charge in [0.25, 0.3) is 0 Å². The van der Waals surface area contributed by atoms with E-state index in [0.717, 1.165) is 50.1 Å². The summed E-state index contributed by atoms with van der Waals surface area (Å²) < 4.78 is 2.31. The molecule has 0 radical (unpaired) electrons. The second-order valence-electron chi connectivity index (χ2n) is 14.4. The minimum atomic E-state index is 0.366. The highest BCUT2D eigenvalue weighted by atomic mass is 15.0. The average Bonchev–Trinajstić information content (AvgIpc) is 3.65. The van der Waals surface area contributed by atoms with Crippen LogP contribution in [0.1, 0.15) is 11.1 Å². The van der Waals surface area contributed by atoms with Crippen LogP contribution >= 0.6 is 0 Å². The van der Waals surface area contributed by atoms with Gasteiger partial charge in [-0.15, -0.1) is 0 Å². The molecule has 0 aliphatic heterocycles. The van der Waals surface area contributed by atoms with Crippen molar-refractivity contribution >= 4 is 21.8 Å². The maximum Gasteiger partial charge on any atom is 0.160 e. The molecule has 5 nitrogen and oxygen atoms in total. The Morgan fingerprint density at radius 3 is 1.27 bits per heavy atom. The number of aromatic nitrogens is 3. The molecule has 0 amide bonds. The summed E-state index contributed by atoms with van der Waals surface area (Å²) in [5.41, 5.74) is 13.8. The van der Waals surface area contributed by atoms with Gasteiger partial charge in [0, 0.05) is 33.2 Å². The van der Waals surface area contributed by atoms with Crippen LogP contribution in [0.25, 0.3) is 94.8 Å². The molecule has 2 heterocycles. The third-order valence-corrected chi connectivity index (χ3v) is 10.9. The predicted octanol–water partition coefficient (Wildman–Crippen LogP) is 13.3. The fraction of sp³-hybridized carbons (Fsp3) is 0. The zero-order valence-electron chi connectivity index (χ0n) is 31.8. The van der Waals surface area contributed by atoms with E-state index in [9.17, 15) is 10.5 Å².